The van der Waals surface area contributed by atoms with Crippen molar-refractivity contribution in [2.45, 2.75) is 0 Å². The highest BCUT2D eigenvalue weighted by Gasteiger charge is 1.99. The minimum Gasteiger partial charge on any atom is -0.478 e. The highest BCUT2D eigenvalue weighted by Crippen LogP contribution is 2.00. The largest absolute Gasteiger partial charge is 0.478 e. The molecule has 0 bridgehead atoms. The maximum absolute atomic E-state index is 10.4. The molecule has 0 fully saturated rings. The Kier molecular flexibility index (Phi) is 2.44. The molecule has 1 aliphatic rings. The van der Waals surface area contributed by atoms with Crippen LogP contribution in [0.5, 0.6) is 0 Å². The topological polar surface area (TPSA) is 37.3 Å². The highest BCUT2D eigenvalue weighted by molar-refractivity contribution is 5.90. The number of aliphatic carboxylic acids is 1. The van der Waals surface area contributed by atoms with Crippen LogP contribution in [0.1, 0.15) is 0 Å². The van der Waals surface area contributed by atoms with Gasteiger partial charge in [-0.2, -0.15) is 0 Å². The quantitative estimate of drug-likeness (QED) is 0.614. The van der Waals surface area contributed by atoms with Gasteiger partial charge in [-0.05, 0) is 12.2 Å². The van der Waals surface area contributed by atoms with Crippen LogP contribution in [-0.2, 0) is 4.79 Å². The first-order valence-corrected chi connectivity index (χ1v) is 3.26. The van der Waals surface area contributed by atoms with Gasteiger partial charge in [0.2, 0.25) is 0 Å². The lowest BCUT2D eigenvalue weighted by Gasteiger charge is -1.91. The average molecular weight is 148 g/mol. The molecule has 1 N–H and O–H groups in total. The second-order valence-corrected chi connectivity index (χ2v) is 2.06. The van der Waals surface area contributed by atoms with Crippen LogP contribution in [0.2, 0.25) is 0 Å². The van der Waals surface area contributed by atoms with Crippen LogP contribution in [0.25, 0.3) is 0 Å². The summed E-state index contributed by atoms with van der Waals surface area (Å²) in [5.74, 6) is -0.902. The number of hydrogen-bond acceptors (Lipinski definition) is 1. The fourth-order valence-corrected chi connectivity index (χ4v) is 0.709. The first kappa shape index (κ1) is 7.54. The number of rotatable bonds is 1. The van der Waals surface area contributed by atoms with Crippen LogP contribution in [0, 0.1) is 0 Å². The lowest BCUT2D eigenvalue weighted by atomic mass is 10.2. The van der Waals surface area contributed by atoms with E-state index in [0.717, 1.165) is 0 Å². The molecular weight excluding hydrogens is 140 g/mol. The number of allylic oxidation sites excluding steroid dienone is 6. The third-order valence-corrected chi connectivity index (χ3v) is 1.24. The molecule has 0 aromatic rings. The summed E-state index contributed by atoms with van der Waals surface area (Å²) in [5.41, 5.74) is 0.297. The van der Waals surface area contributed by atoms with Crippen molar-refractivity contribution in [2.24, 2.45) is 0 Å². The predicted molar refractivity (Wildman–Crippen MR) is 43.1 cm³/mol. The molecule has 0 saturated heterocycles. The fraction of sp³-hybridized carbons (Fsp3) is 0. The molecule has 2 nitrogen and oxygen atoms in total. The standard InChI is InChI=1S/C9H8O2/c10-9(11)8-6-4-2-1-3-5-7-8/h1-7H,(H,10,11)/b2-1-,3-1?,4-2?,5-3-,6-4-,7-5?,8-6?,8-7+. The third kappa shape index (κ3) is 2.26. The summed E-state index contributed by atoms with van der Waals surface area (Å²) in [6, 6.07) is 0. The van der Waals surface area contributed by atoms with E-state index in [4.69, 9.17) is 5.11 Å². The summed E-state index contributed by atoms with van der Waals surface area (Å²) in [4.78, 5) is 10.4. The van der Waals surface area contributed by atoms with E-state index in [-0.39, 0.29) is 0 Å². The second-order valence-electron chi connectivity index (χ2n) is 2.06. The van der Waals surface area contributed by atoms with Gasteiger partial charge in [0.15, 0.2) is 0 Å². The van der Waals surface area contributed by atoms with Gasteiger partial charge in [0.05, 0.1) is 5.57 Å². The van der Waals surface area contributed by atoms with Crippen LogP contribution >= 0.6 is 0 Å². The Morgan fingerprint density at radius 1 is 1.09 bits per heavy atom. The molecule has 0 radical (unpaired) electrons. The summed E-state index contributed by atoms with van der Waals surface area (Å²) < 4.78 is 0. The van der Waals surface area contributed by atoms with Crippen molar-refractivity contribution in [1.29, 1.82) is 0 Å². The van der Waals surface area contributed by atoms with Crippen molar-refractivity contribution in [3.63, 3.8) is 0 Å². The molecule has 0 aromatic carbocycles. The van der Waals surface area contributed by atoms with Gasteiger partial charge in [-0.15, -0.1) is 0 Å². The van der Waals surface area contributed by atoms with Crippen LogP contribution in [-0.4, -0.2) is 11.1 Å². The minimum atomic E-state index is -0.902. The van der Waals surface area contributed by atoms with Crippen LogP contribution in [0.3, 0.4) is 0 Å². The zero-order chi connectivity index (χ0) is 8.10. The molecule has 0 heterocycles. The molecule has 0 spiro atoms. The van der Waals surface area contributed by atoms with E-state index >= 15 is 0 Å². The molecule has 0 unspecified atom stereocenters. The molecule has 1 aliphatic carbocycles. The van der Waals surface area contributed by atoms with Crippen molar-refractivity contribution < 1.29 is 9.90 Å². The van der Waals surface area contributed by atoms with Gasteiger partial charge >= 0.3 is 5.97 Å². The van der Waals surface area contributed by atoms with E-state index in [1.165, 1.54) is 0 Å². The van der Waals surface area contributed by atoms with E-state index in [9.17, 15) is 4.79 Å². The summed E-state index contributed by atoms with van der Waals surface area (Å²) in [6.07, 6.45) is 11.9. The van der Waals surface area contributed by atoms with Gasteiger partial charge in [-0.3, -0.25) is 0 Å². The summed E-state index contributed by atoms with van der Waals surface area (Å²) >= 11 is 0. The Hall–Kier alpha value is -1.57. The first-order valence-electron chi connectivity index (χ1n) is 3.26. The average Bonchev–Trinajstić information content (AvgIpc) is 1.84. The van der Waals surface area contributed by atoms with Gasteiger partial charge in [0, 0.05) is 0 Å². The maximum Gasteiger partial charge on any atom is 0.335 e. The van der Waals surface area contributed by atoms with Crippen molar-refractivity contribution in [2.75, 3.05) is 0 Å². The van der Waals surface area contributed by atoms with Crippen molar-refractivity contribution >= 4 is 5.97 Å². The molecule has 1 rings (SSSR count). The van der Waals surface area contributed by atoms with Gasteiger partial charge < -0.3 is 5.11 Å². The molecule has 2 heteroatoms. The Morgan fingerprint density at radius 2 is 1.73 bits per heavy atom. The molecule has 0 aliphatic heterocycles. The smallest absolute Gasteiger partial charge is 0.335 e. The van der Waals surface area contributed by atoms with E-state index in [1.54, 1.807) is 36.5 Å². The van der Waals surface area contributed by atoms with Gasteiger partial charge in [0.1, 0.15) is 0 Å². The Labute approximate surface area is 64.9 Å². The lowest BCUT2D eigenvalue weighted by Crippen LogP contribution is -1.96. The fourth-order valence-electron chi connectivity index (χ4n) is 0.709. The van der Waals surface area contributed by atoms with Crippen LogP contribution in [0.4, 0.5) is 0 Å². The lowest BCUT2D eigenvalue weighted by molar-refractivity contribution is -0.132. The van der Waals surface area contributed by atoms with E-state index in [0.29, 0.717) is 5.57 Å². The molecule has 56 valence electrons. The SMILES string of the molecule is O=C(O)C1=C/C=C\C=C/C=C\1. The Bertz CT molecular complexity index is 267. The van der Waals surface area contributed by atoms with Gasteiger partial charge in [0.25, 0.3) is 0 Å². The molecular formula is C9H8O2. The third-order valence-electron chi connectivity index (χ3n) is 1.24. The maximum atomic E-state index is 10.4. The molecule has 11 heavy (non-hydrogen) atoms. The van der Waals surface area contributed by atoms with E-state index in [1.807, 2.05) is 6.08 Å². The van der Waals surface area contributed by atoms with Crippen molar-refractivity contribution in [3.8, 4) is 0 Å². The summed E-state index contributed by atoms with van der Waals surface area (Å²) in [7, 11) is 0. The monoisotopic (exact) mass is 148 g/mol. The van der Waals surface area contributed by atoms with Crippen molar-refractivity contribution in [1.82, 2.24) is 0 Å². The predicted octanol–water partition coefficient (Wildman–Crippen LogP) is 1.68. The molecule has 0 aromatic heterocycles. The second kappa shape index (κ2) is 3.56. The van der Waals surface area contributed by atoms with Gasteiger partial charge in [-0.25, -0.2) is 4.79 Å². The number of carboxylic acids is 1. The van der Waals surface area contributed by atoms with E-state index < -0.39 is 5.97 Å². The molecule has 0 atom stereocenters. The summed E-state index contributed by atoms with van der Waals surface area (Å²) in [6.45, 7) is 0. The normalized spacial score (nSPS) is 28.9. The number of hydrogen-bond donors (Lipinski definition) is 1. The Morgan fingerprint density at radius 3 is 2.45 bits per heavy atom. The summed E-state index contributed by atoms with van der Waals surface area (Å²) in [5, 5.41) is 8.58. The van der Waals surface area contributed by atoms with Gasteiger partial charge in [-0.1, -0.05) is 30.4 Å². The van der Waals surface area contributed by atoms with Crippen LogP contribution in [0.15, 0.2) is 48.1 Å². The zero-order valence-corrected chi connectivity index (χ0v) is 5.90. The molecule has 0 amide bonds. The highest BCUT2D eigenvalue weighted by atomic mass is 16.4. The van der Waals surface area contributed by atoms with E-state index in [2.05, 4.69) is 0 Å². The first-order chi connectivity index (χ1) is 5.30. The molecule has 0 saturated carbocycles. The number of carboxylic acid groups (broad SMARTS) is 1. The minimum absolute atomic E-state index is 0.297. The number of carbonyl (C=O) groups is 1. The van der Waals surface area contributed by atoms with Crippen molar-refractivity contribution in [3.05, 3.63) is 48.1 Å². The zero-order valence-electron chi connectivity index (χ0n) is 5.90. The van der Waals surface area contributed by atoms with Crippen LogP contribution < -0.4 is 0 Å². The Balaban J connectivity index is 2.87.